The maximum atomic E-state index is 13.0. The van der Waals surface area contributed by atoms with Gasteiger partial charge in [0.05, 0.1) is 16.6 Å². The van der Waals surface area contributed by atoms with Gasteiger partial charge in [-0.3, -0.25) is 4.98 Å². The summed E-state index contributed by atoms with van der Waals surface area (Å²) < 4.78 is 24.0. The molecule has 6 nitrogen and oxygen atoms in total. The van der Waals surface area contributed by atoms with Gasteiger partial charge in [0.2, 0.25) is 0 Å². The van der Waals surface area contributed by atoms with Crippen LogP contribution in [0.2, 0.25) is 0 Å². The minimum absolute atomic E-state index is 0.0362. The Labute approximate surface area is 154 Å². The van der Waals surface area contributed by atoms with Crippen LogP contribution in [-0.2, 0) is 9.84 Å². The molecule has 1 atom stereocenters. The number of rotatable bonds is 3. The predicted octanol–water partition coefficient (Wildman–Crippen LogP) is 3.63. The zero-order valence-corrected chi connectivity index (χ0v) is 15.6. The first-order chi connectivity index (χ1) is 12.5. The van der Waals surface area contributed by atoms with E-state index in [4.69, 9.17) is 0 Å². The Morgan fingerprint density at radius 3 is 2.58 bits per heavy atom. The Balaban J connectivity index is 1.88. The van der Waals surface area contributed by atoms with Crippen LogP contribution < -0.4 is 5.32 Å². The third-order valence-electron chi connectivity index (χ3n) is 4.63. The number of aromatic nitrogens is 1. The van der Waals surface area contributed by atoms with E-state index in [2.05, 4.69) is 10.3 Å². The number of benzene rings is 1. The number of hydrogen-bond acceptors (Lipinski definition) is 4. The van der Waals surface area contributed by atoms with Crippen LogP contribution in [0.15, 0.2) is 53.7 Å². The third-order valence-corrected chi connectivity index (χ3v) is 5.79. The minimum Gasteiger partial charge on any atom is -0.317 e. The molecule has 0 unspecified atom stereocenters. The normalized spacial score (nSPS) is 18.2. The highest BCUT2D eigenvalue weighted by Gasteiger charge is 2.27. The average Bonchev–Trinajstić information content (AvgIpc) is 2.88. The van der Waals surface area contributed by atoms with Crippen LogP contribution in [0, 0.1) is 0 Å². The van der Waals surface area contributed by atoms with E-state index >= 15 is 0 Å². The molecule has 0 aliphatic carbocycles. The van der Waals surface area contributed by atoms with E-state index in [0.29, 0.717) is 12.2 Å². The van der Waals surface area contributed by atoms with Gasteiger partial charge in [0.1, 0.15) is 0 Å². The van der Waals surface area contributed by atoms with Crippen LogP contribution in [0.25, 0.3) is 0 Å². The molecule has 1 saturated heterocycles. The van der Waals surface area contributed by atoms with Crippen molar-refractivity contribution in [3.63, 3.8) is 0 Å². The summed E-state index contributed by atoms with van der Waals surface area (Å²) in [5.74, 6) is 0. The highest BCUT2D eigenvalue weighted by Crippen LogP contribution is 2.31. The standard InChI is InChI=1S/C19H23N3O3S/c1-26(24,25)18-9-5-4-7-16(18)21-19(23)22-14-6-2-3-8-17(22)15-10-12-20-13-11-15/h4-5,7,9-13,17H,2-3,6,8,14H2,1H3,(H,21,23)/t17-/m1/s1. The van der Waals surface area contributed by atoms with E-state index < -0.39 is 9.84 Å². The molecular weight excluding hydrogens is 350 g/mol. The lowest BCUT2D eigenvalue weighted by atomic mass is 10.0. The molecular formula is C19H23N3O3S. The summed E-state index contributed by atoms with van der Waals surface area (Å²) in [6.07, 6.45) is 8.55. The Hall–Kier alpha value is -2.41. The molecule has 0 bridgehead atoms. The van der Waals surface area contributed by atoms with Crippen molar-refractivity contribution >= 4 is 21.6 Å². The third kappa shape index (κ3) is 4.22. The van der Waals surface area contributed by atoms with Gasteiger partial charge in [0.15, 0.2) is 9.84 Å². The van der Waals surface area contributed by atoms with Gasteiger partial charge < -0.3 is 10.2 Å². The van der Waals surface area contributed by atoms with Crippen LogP contribution in [0.3, 0.4) is 0 Å². The number of urea groups is 1. The number of pyridine rings is 1. The zero-order valence-electron chi connectivity index (χ0n) is 14.8. The summed E-state index contributed by atoms with van der Waals surface area (Å²) in [6.45, 7) is 0.639. The quantitative estimate of drug-likeness (QED) is 0.891. The van der Waals surface area contributed by atoms with Crippen LogP contribution in [0.1, 0.15) is 37.3 Å². The lowest BCUT2D eigenvalue weighted by molar-refractivity contribution is 0.189. The van der Waals surface area contributed by atoms with E-state index in [1.165, 1.54) is 6.07 Å². The smallest absolute Gasteiger partial charge is 0.317 e. The molecule has 1 aromatic carbocycles. The lowest BCUT2D eigenvalue weighted by Gasteiger charge is -2.30. The fraction of sp³-hybridized carbons (Fsp3) is 0.368. The zero-order chi connectivity index (χ0) is 18.6. The second-order valence-electron chi connectivity index (χ2n) is 6.54. The fourth-order valence-corrected chi connectivity index (χ4v) is 4.21. The first kappa shape index (κ1) is 18.4. The number of amides is 2. The summed E-state index contributed by atoms with van der Waals surface area (Å²) in [7, 11) is -3.42. The van der Waals surface area contributed by atoms with E-state index in [-0.39, 0.29) is 17.0 Å². The van der Waals surface area contributed by atoms with Crippen molar-refractivity contribution in [1.82, 2.24) is 9.88 Å². The van der Waals surface area contributed by atoms with Gasteiger partial charge >= 0.3 is 6.03 Å². The van der Waals surface area contributed by atoms with Gasteiger partial charge in [-0.15, -0.1) is 0 Å². The highest BCUT2D eigenvalue weighted by molar-refractivity contribution is 7.90. The molecule has 2 heterocycles. The summed E-state index contributed by atoms with van der Waals surface area (Å²) >= 11 is 0. The van der Waals surface area contributed by atoms with Gasteiger partial charge in [0.25, 0.3) is 0 Å². The lowest BCUT2D eigenvalue weighted by Crippen LogP contribution is -2.38. The Kier molecular flexibility index (Phi) is 5.56. The molecule has 1 aliphatic rings. The van der Waals surface area contributed by atoms with Crippen molar-refractivity contribution in [2.45, 2.75) is 36.6 Å². The molecule has 0 saturated carbocycles. The Morgan fingerprint density at radius 1 is 1.12 bits per heavy atom. The van der Waals surface area contributed by atoms with Gasteiger partial charge in [0, 0.05) is 25.2 Å². The minimum atomic E-state index is -3.42. The Bertz CT molecular complexity index is 869. The van der Waals surface area contributed by atoms with Gasteiger partial charge in [-0.05, 0) is 42.7 Å². The molecule has 1 aromatic heterocycles. The van der Waals surface area contributed by atoms with E-state index in [1.54, 1.807) is 35.5 Å². The van der Waals surface area contributed by atoms with E-state index in [1.807, 2.05) is 12.1 Å². The van der Waals surface area contributed by atoms with Crippen molar-refractivity contribution < 1.29 is 13.2 Å². The van der Waals surface area contributed by atoms with Crippen molar-refractivity contribution in [3.05, 3.63) is 54.4 Å². The van der Waals surface area contributed by atoms with Gasteiger partial charge in [-0.1, -0.05) is 25.0 Å². The molecule has 0 spiro atoms. The van der Waals surface area contributed by atoms with Gasteiger partial charge in [-0.2, -0.15) is 0 Å². The van der Waals surface area contributed by atoms with Crippen molar-refractivity contribution in [2.75, 3.05) is 18.1 Å². The molecule has 1 fully saturated rings. The number of hydrogen-bond donors (Lipinski definition) is 1. The van der Waals surface area contributed by atoms with Crippen LogP contribution in [0.4, 0.5) is 10.5 Å². The molecule has 0 radical (unpaired) electrons. The number of carbonyl (C=O) groups is 1. The number of likely N-dealkylation sites (tertiary alicyclic amines) is 1. The summed E-state index contributed by atoms with van der Waals surface area (Å²) in [4.78, 5) is 19.0. The largest absolute Gasteiger partial charge is 0.322 e. The van der Waals surface area contributed by atoms with Crippen LogP contribution in [-0.4, -0.2) is 37.1 Å². The maximum Gasteiger partial charge on any atom is 0.322 e. The number of nitrogens with one attached hydrogen (secondary N) is 1. The predicted molar refractivity (Wildman–Crippen MR) is 101 cm³/mol. The summed E-state index contributed by atoms with van der Waals surface area (Å²) in [5, 5.41) is 2.81. The van der Waals surface area contributed by atoms with E-state index in [0.717, 1.165) is 37.5 Å². The first-order valence-electron chi connectivity index (χ1n) is 8.73. The molecule has 2 amide bonds. The molecule has 1 aliphatic heterocycles. The molecule has 1 N–H and O–H groups in total. The molecule has 138 valence electrons. The first-order valence-corrected chi connectivity index (χ1v) is 10.6. The van der Waals surface area contributed by atoms with Crippen LogP contribution in [0.5, 0.6) is 0 Å². The van der Waals surface area contributed by atoms with Crippen molar-refractivity contribution in [3.8, 4) is 0 Å². The number of nitrogens with zero attached hydrogens (tertiary/aromatic N) is 2. The summed E-state index contributed by atoms with van der Waals surface area (Å²) in [6, 6.07) is 10.0. The molecule has 7 heteroatoms. The Morgan fingerprint density at radius 2 is 1.85 bits per heavy atom. The fourth-order valence-electron chi connectivity index (χ4n) is 3.36. The van der Waals surface area contributed by atoms with Crippen LogP contribution >= 0.6 is 0 Å². The summed E-state index contributed by atoms with van der Waals surface area (Å²) in [5.41, 5.74) is 1.37. The second-order valence-corrected chi connectivity index (χ2v) is 8.52. The highest BCUT2D eigenvalue weighted by atomic mass is 32.2. The average molecular weight is 373 g/mol. The topological polar surface area (TPSA) is 79.4 Å². The SMILES string of the molecule is CS(=O)(=O)c1ccccc1NC(=O)N1CCCCC[C@@H]1c1ccncc1. The second kappa shape index (κ2) is 7.86. The van der Waals surface area contributed by atoms with Crippen molar-refractivity contribution in [1.29, 1.82) is 0 Å². The number of sulfone groups is 1. The van der Waals surface area contributed by atoms with Crippen molar-refractivity contribution in [2.24, 2.45) is 0 Å². The molecule has 26 heavy (non-hydrogen) atoms. The maximum absolute atomic E-state index is 13.0. The van der Waals surface area contributed by atoms with E-state index in [9.17, 15) is 13.2 Å². The van der Waals surface area contributed by atoms with Gasteiger partial charge in [-0.25, -0.2) is 13.2 Å². The number of carbonyl (C=O) groups excluding carboxylic acids is 1. The monoisotopic (exact) mass is 373 g/mol. The molecule has 3 rings (SSSR count). The number of anilines is 1. The number of para-hydroxylation sites is 1. The molecule has 2 aromatic rings.